The van der Waals surface area contributed by atoms with Crippen LogP contribution in [0.2, 0.25) is 0 Å². The lowest BCUT2D eigenvalue weighted by Crippen LogP contribution is -2.17. The molecule has 0 atom stereocenters. The summed E-state index contributed by atoms with van der Waals surface area (Å²) < 4.78 is 15.0. The van der Waals surface area contributed by atoms with E-state index in [4.69, 9.17) is 14.2 Å². The molecule has 0 saturated carbocycles. The van der Waals surface area contributed by atoms with Gasteiger partial charge in [-0.15, -0.1) is 0 Å². The highest BCUT2D eigenvalue weighted by Crippen LogP contribution is 2.29. The molecular weight excluding hydrogens is 262 g/mol. The van der Waals surface area contributed by atoms with Gasteiger partial charge in [-0.25, -0.2) is 14.6 Å². The number of carbonyl (C=O) groups excluding carboxylic acids is 2. The Labute approximate surface area is 118 Å². The van der Waals surface area contributed by atoms with Gasteiger partial charge in [0.2, 0.25) is 5.90 Å². The summed E-state index contributed by atoms with van der Waals surface area (Å²) in [6, 6.07) is 0. The van der Waals surface area contributed by atoms with E-state index in [9.17, 15) is 9.59 Å². The number of hydrogen-bond donors (Lipinski definition) is 0. The zero-order valence-corrected chi connectivity index (χ0v) is 12.1. The van der Waals surface area contributed by atoms with E-state index in [1.165, 1.54) is 18.2 Å². The molecule has 0 fully saturated rings. The molecule has 0 spiro atoms. The zero-order valence-electron chi connectivity index (χ0n) is 12.1. The number of ether oxygens (including phenoxy) is 3. The highest BCUT2D eigenvalue weighted by Gasteiger charge is 2.33. The SMILES string of the molecule is CCOC(=O)/C=C/C1=NC(C)(C)/C(=C\C(=O)OCC)O1. The van der Waals surface area contributed by atoms with Gasteiger partial charge in [0, 0.05) is 12.2 Å². The van der Waals surface area contributed by atoms with Crippen LogP contribution in [0.4, 0.5) is 0 Å². The minimum atomic E-state index is -0.679. The third-order valence-electron chi connectivity index (χ3n) is 2.39. The van der Waals surface area contributed by atoms with E-state index in [1.54, 1.807) is 27.7 Å². The molecule has 0 unspecified atom stereocenters. The van der Waals surface area contributed by atoms with Gasteiger partial charge in [0.25, 0.3) is 0 Å². The van der Waals surface area contributed by atoms with Crippen LogP contribution in [0.3, 0.4) is 0 Å². The average molecular weight is 281 g/mol. The maximum Gasteiger partial charge on any atom is 0.334 e. The Hall–Kier alpha value is -2.11. The van der Waals surface area contributed by atoms with Crippen LogP contribution in [-0.4, -0.2) is 36.6 Å². The molecule has 20 heavy (non-hydrogen) atoms. The molecule has 1 heterocycles. The van der Waals surface area contributed by atoms with Crippen LogP contribution in [0.25, 0.3) is 0 Å². The molecular formula is C14H19NO5. The van der Waals surface area contributed by atoms with Crippen molar-refractivity contribution in [2.75, 3.05) is 13.2 Å². The first kappa shape index (κ1) is 15.9. The van der Waals surface area contributed by atoms with Crippen LogP contribution < -0.4 is 0 Å². The van der Waals surface area contributed by atoms with E-state index in [0.29, 0.717) is 19.0 Å². The van der Waals surface area contributed by atoms with Crippen molar-refractivity contribution in [3.05, 3.63) is 24.0 Å². The van der Waals surface area contributed by atoms with E-state index < -0.39 is 17.5 Å². The molecule has 1 aliphatic rings. The number of aliphatic imine (C=N–C) groups is 1. The first-order chi connectivity index (χ1) is 9.39. The van der Waals surface area contributed by atoms with E-state index in [-0.39, 0.29) is 5.90 Å². The zero-order chi connectivity index (χ0) is 15.2. The van der Waals surface area contributed by atoms with Gasteiger partial charge in [-0.05, 0) is 27.7 Å². The molecule has 0 aliphatic carbocycles. The summed E-state index contributed by atoms with van der Waals surface area (Å²) in [6.07, 6.45) is 3.90. The summed E-state index contributed by atoms with van der Waals surface area (Å²) >= 11 is 0. The molecule has 0 radical (unpaired) electrons. The lowest BCUT2D eigenvalue weighted by atomic mass is 10.0. The lowest BCUT2D eigenvalue weighted by molar-refractivity contribution is -0.138. The minimum absolute atomic E-state index is 0.249. The first-order valence-corrected chi connectivity index (χ1v) is 6.40. The van der Waals surface area contributed by atoms with Gasteiger partial charge in [-0.2, -0.15) is 0 Å². The second-order valence-corrected chi connectivity index (χ2v) is 4.46. The van der Waals surface area contributed by atoms with Crippen molar-refractivity contribution in [1.29, 1.82) is 0 Å². The van der Waals surface area contributed by atoms with Crippen molar-refractivity contribution >= 4 is 17.8 Å². The van der Waals surface area contributed by atoms with E-state index in [1.807, 2.05) is 0 Å². The third kappa shape index (κ3) is 4.53. The molecule has 1 aliphatic heterocycles. The predicted octanol–water partition coefficient (Wildman–Crippen LogP) is 1.76. The van der Waals surface area contributed by atoms with Gasteiger partial charge in [0.15, 0.2) is 0 Å². The molecule has 0 amide bonds. The molecule has 0 N–H and O–H groups in total. The smallest absolute Gasteiger partial charge is 0.334 e. The second-order valence-electron chi connectivity index (χ2n) is 4.46. The topological polar surface area (TPSA) is 74.2 Å². The van der Waals surface area contributed by atoms with E-state index in [0.717, 1.165) is 0 Å². The summed E-state index contributed by atoms with van der Waals surface area (Å²) in [6.45, 7) is 7.63. The Kier molecular flexibility index (Phi) is 5.49. The van der Waals surface area contributed by atoms with Crippen LogP contribution in [0.5, 0.6) is 0 Å². The quantitative estimate of drug-likeness (QED) is 0.567. The largest absolute Gasteiger partial charge is 0.463 e. The van der Waals surface area contributed by atoms with Crippen LogP contribution in [0.15, 0.2) is 29.0 Å². The molecule has 0 bridgehead atoms. The van der Waals surface area contributed by atoms with Crippen molar-refractivity contribution in [3.63, 3.8) is 0 Å². The van der Waals surface area contributed by atoms with Crippen molar-refractivity contribution in [2.24, 2.45) is 4.99 Å². The molecule has 0 saturated heterocycles. The molecule has 6 heteroatoms. The predicted molar refractivity (Wildman–Crippen MR) is 73.1 cm³/mol. The molecule has 0 aromatic carbocycles. The van der Waals surface area contributed by atoms with Crippen molar-refractivity contribution in [2.45, 2.75) is 33.2 Å². The highest BCUT2D eigenvalue weighted by molar-refractivity contribution is 5.97. The molecule has 110 valence electrons. The molecule has 0 aromatic rings. The Morgan fingerprint density at radius 3 is 2.40 bits per heavy atom. The fraction of sp³-hybridized carbons (Fsp3) is 0.500. The lowest BCUT2D eigenvalue weighted by Gasteiger charge is -2.13. The fourth-order valence-electron chi connectivity index (χ4n) is 1.49. The van der Waals surface area contributed by atoms with Crippen LogP contribution in [-0.2, 0) is 23.8 Å². The summed E-state index contributed by atoms with van der Waals surface area (Å²) in [5.41, 5.74) is -0.679. The Morgan fingerprint density at radius 2 is 1.80 bits per heavy atom. The molecule has 0 aromatic heterocycles. The van der Waals surface area contributed by atoms with Crippen molar-refractivity contribution in [3.8, 4) is 0 Å². The minimum Gasteiger partial charge on any atom is -0.463 e. The van der Waals surface area contributed by atoms with Gasteiger partial charge in [-0.1, -0.05) is 0 Å². The number of hydrogen-bond acceptors (Lipinski definition) is 6. The molecule has 6 nitrogen and oxygen atoms in total. The normalized spacial score (nSPS) is 18.8. The van der Waals surface area contributed by atoms with Gasteiger partial charge in [-0.3, -0.25) is 0 Å². The maximum absolute atomic E-state index is 11.4. The van der Waals surface area contributed by atoms with Crippen LogP contribution >= 0.6 is 0 Å². The van der Waals surface area contributed by atoms with Crippen molar-refractivity contribution in [1.82, 2.24) is 0 Å². The number of rotatable bonds is 5. The summed E-state index contributed by atoms with van der Waals surface area (Å²) in [7, 11) is 0. The van der Waals surface area contributed by atoms with E-state index in [2.05, 4.69) is 4.99 Å². The van der Waals surface area contributed by atoms with Gasteiger partial charge in [0.05, 0.1) is 19.3 Å². The fourth-order valence-corrected chi connectivity index (χ4v) is 1.49. The maximum atomic E-state index is 11.4. The van der Waals surface area contributed by atoms with E-state index >= 15 is 0 Å². The summed E-state index contributed by atoms with van der Waals surface area (Å²) in [4.78, 5) is 26.9. The van der Waals surface area contributed by atoms with Gasteiger partial charge in [0.1, 0.15) is 11.3 Å². The standard InChI is InChI=1S/C14H19NO5/c1-5-18-12(16)8-7-11-15-14(3,4)10(20-11)9-13(17)19-6-2/h7-9H,5-6H2,1-4H3/b8-7+,10-9+. The summed E-state index contributed by atoms with van der Waals surface area (Å²) in [5, 5.41) is 0. The number of nitrogens with zero attached hydrogens (tertiary/aromatic N) is 1. The monoisotopic (exact) mass is 281 g/mol. The van der Waals surface area contributed by atoms with Gasteiger partial charge >= 0.3 is 11.9 Å². The third-order valence-corrected chi connectivity index (χ3v) is 2.39. The number of esters is 2. The average Bonchev–Trinajstić information content (AvgIpc) is 2.62. The Balaban J connectivity index is 2.76. The molecule has 1 rings (SSSR count). The van der Waals surface area contributed by atoms with Gasteiger partial charge < -0.3 is 14.2 Å². The summed E-state index contributed by atoms with van der Waals surface area (Å²) in [5.74, 6) is -0.334. The Bertz CT molecular complexity index is 474. The highest BCUT2D eigenvalue weighted by atomic mass is 16.5. The van der Waals surface area contributed by atoms with Crippen LogP contribution in [0.1, 0.15) is 27.7 Å². The van der Waals surface area contributed by atoms with Crippen molar-refractivity contribution < 1.29 is 23.8 Å². The van der Waals surface area contributed by atoms with Crippen LogP contribution in [0, 0.1) is 0 Å². The Morgan fingerprint density at radius 1 is 1.20 bits per heavy atom. The number of carbonyl (C=O) groups is 2. The first-order valence-electron chi connectivity index (χ1n) is 6.40. The second kappa shape index (κ2) is 6.88.